The molecule has 0 aliphatic carbocycles. The van der Waals surface area contributed by atoms with Crippen LogP contribution >= 0.6 is 15.9 Å². The SMILES string of the molecule is CCO[Si](CCc1ccc(C(Br)CC)cc1)(OCC)OCC. The average molecular weight is 389 g/mol. The predicted molar refractivity (Wildman–Crippen MR) is 97.5 cm³/mol. The van der Waals surface area contributed by atoms with Crippen molar-refractivity contribution in [1.29, 1.82) is 0 Å². The molecule has 0 bridgehead atoms. The van der Waals surface area contributed by atoms with Gasteiger partial charge in [0.25, 0.3) is 0 Å². The van der Waals surface area contributed by atoms with Crippen molar-refractivity contribution < 1.29 is 13.3 Å². The van der Waals surface area contributed by atoms with Crippen molar-refractivity contribution in [2.45, 2.75) is 51.4 Å². The number of alkyl halides is 1. The lowest BCUT2D eigenvalue weighted by atomic mass is 10.1. The summed E-state index contributed by atoms with van der Waals surface area (Å²) in [6.45, 7) is 10.1. The lowest BCUT2D eigenvalue weighted by Gasteiger charge is -2.28. The normalized spacial score (nSPS) is 13.3. The highest BCUT2D eigenvalue weighted by atomic mass is 79.9. The molecule has 22 heavy (non-hydrogen) atoms. The highest BCUT2D eigenvalue weighted by Gasteiger charge is 2.39. The fourth-order valence-corrected chi connectivity index (χ4v) is 5.33. The molecule has 5 heteroatoms. The first-order valence-corrected chi connectivity index (χ1v) is 11.1. The topological polar surface area (TPSA) is 27.7 Å². The van der Waals surface area contributed by atoms with Crippen molar-refractivity contribution in [1.82, 2.24) is 0 Å². The van der Waals surface area contributed by atoms with Crippen molar-refractivity contribution in [3.05, 3.63) is 35.4 Å². The van der Waals surface area contributed by atoms with Gasteiger partial charge in [0, 0.05) is 30.7 Å². The first-order chi connectivity index (χ1) is 10.6. The number of halogens is 1. The number of hydrogen-bond donors (Lipinski definition) is 0. The van der Waals surface area contributed by atoms with Gasteiger partial charge in [-0.3, -0.25) is 0 Å². The zero-order valence-corrected chi connectivity index (χ0v) is 16.8. The van der Waals surface area contributed by atoms with E-state index < -0.39 is 8.80 Å². The van der Waals surface area contributed by atoms with Crippen molar-refractivity contribution in [2.75, 3.05) is 19.8 Å². The highest BCUT2D eigenvalue weighted by molar-refractivity contribution is 9.09. The van der Waals surface area contributed by atoms with Gasteiger partial charge in [0.15, 0.2) is 0 Å². The third-order valence-electron chi connectivity index (χ3n) is 3.51. The summed E-state index contributed by atoms with van der Waals surface area (Å²) in [5.74, 6) is 0. The molecule has 1 atom stereocenters. The predicted octanol–water partition coefficient (Wildman–Crippen LogP) is 5.12. The van der Waals surface area contributed by atoms with Crippen molar-refractivity contribution >= 4 is 24.7 Å². The van der Waals surface area contributed by atoms with Gasteiger partial charge in [0.05, 0.1) is 0 Å². The second-order valence-electron chi connectivity index (χ2n) is 5.10. The van der Waals surface area contributed by atoms with E-state index >= 15 is 0 Å². The van der Waals surface area contributed by atoms with Gasteiger partial charge in [-0.1, -0.05) is 47.1 Å². The van der Waals surface area contributed by atoms with Crippen LogP contribution in [0.2, 0.25) is 6.04 Å². The van der Waals surface area contributed by atoms with Crippen LogP contribution in [0, 0.1) is 0 Å². The molecule has 0 heterocycles. The van der Waals surface area contributed by atoms with E-state index in [9.17, 15) is 0 Å². The first kappa shape index (κ1) is 19.8. The minimum absolute atomic E-state index is 0.435. The Morgan fingerprint density at radius 1 is 0.909 bits per heavy atom. The summed E-state index contributed by atoms with van der Waals surface area (Å²) in [5.41, 5.74) is 2.63. The summed E-state index contributed by atoms with van der Waals surface area (Å²) in [7, 11) is -2.53. The Hall–Kier alpha value is -0.203. The van der Waals surface area contributed by atoms with Gasteiger partial charge in [-0.05, 0) is 44.7 Å². The smallest absolute Gasteiger partial charge is 0.374 e. The van der Waals surface area contributed by atoms with Gasteiger partial charge in [0.1, 0.15) is 0 Å². The largest absolute Gasteiger partial charge is 0.501 e. The second-order valence-corrected chi connectivity index (χ2v) is 8.94. The summed E-state index contributed by atoms with van der Waals surface area (Å²) >= 11 is 3.69. The summed E-state index contributed by atoms with van der Waals surface area (Å²) in [6.07, 6.45) is 2.01. The van der Waals surface area contributed by atoms with E-state index in [2.05, 4.69) is 47.1 Å². The maximum absolute atomic E-state index is 5.90. The quantitative estimate of drug-likeness (QED) is 0.388. The van der Waals surface area contributed by atoms with Crippen LogP contribution in [0.15, 0.2) is 24.3 Å². The fraction of sp³-hybridized carbons (Fsp3) is 0.647. The molecule has 0 fully saturated rings. The molecular weight excluding hydrogens is 360 g/mol. The van der Waals surface area contributed by atoms with Gasteiger partial charge < -0.3 is 13.3 Å². The maximum Gasteiger partial charge on any atom is 0.501 e. The molecule has 0 aliphatic rings. The van der Waals surface area contributed by atoms with E-state index in [4.69, 9.17) is 13.3 Å². The van der Waals surface area contributed by atoms with Crippen molar-refractivity contribution in [2.24, 2.45) is 0 Å². The Kier molecular flexibility index (Phi) is 9.51. The van der Waals surface area contributed by atoms with E-state index in [-0.39, 0.29) is 0 Å². The van der Waals surface area contributed by atoms with Crippen molar-refractivity contribution in [3.63, 3.8) is 0 Å². The number of hydrogen-bond acceptors (Lipinski definition) is 3. The molecule has 0 aromatic heterocycles. The van der Waals surface area contributed by atoms with Crippen LogP contribution in [0.1, 0.15) is 50.1 Å². The molecule has 3 nitrogen and oxygen atoms in total. The minimum Gasteiger partial charge on any atom is -0.374 e. The molecule has 1 aromatic carbocycles. The molecule has 0 spiro atoms. The summed E-state index contributed by atoms with van der Waals surface area (Å²) in [6, 6.07) is 9.62. The third-order valence-corrected chi connectivity index (χ3v) is 7.74. The third kappa shape index (κ3) is 6.12. The lowest BCUT2D eigenvalue weighted by molar-refractivity contribution is 0.0714. The zero-order chi connectivity index (χ0) is 16.4. The molecule has 0 amide bonds. The Morgan fingerprint density at radius 2 is 1.41 bits per heavy atom. The molecule has 0 radical (unpaired) electrons. The van der Waals surface area contributed by atoms with Crippen LogP contribution in [-0.2, 0) is 19.7 Å². The lowest BCUT2D eigenvalue weighted by Crippen LogP contribution is -2.46. The van der Waals surface area contributed by atoms with Crippen LogP contribution in [0.5, 0.6) is 0 Å². The number of aryl methyl sites for hydroxylation is 1. The van der Waals surface area contributed by atoms with E-state index in [1.165, 1.54) is 11.1 Å². The summed E-state index contributed by atoms with van der Waals surface area (Å²) < 4.78 is 17.7. The molecule has 0 saturated heterocycles. The van der Waals surface area contributed by atoms with Crippen LogP contribution < -0.4 is 0 Å². The van der Waals surface area contributed by atoms with Gasteiger partial charge in [-0.25, -0.2) is 0 Å². The fourth-order valence-electron chi connectivity index (χ4n) is 2.43. The Morgan fingerprint density at radius 3 is 1.82 bits per heavy atom. The van der Waals surface area contributed by atoms with Crippen LogP contribution in [0.3, 0.4) is 0 Å². The standard InChI is InChI=1S/C17H29BrO3Si/c1-5-17(18)16-11-9-15(10-12-16)13-14-22(19-6-2,20-7-3)21-8-4/h9-12,17H,5-8,13-14H2,1-4H3. The molecule has 0 N–H and O–H groups in total. The molecule has 1 aromatic rings. The minimum atomic E-state index is -2.53. The van der Waals surface area contributed by atoms with E-state index in [0.29, 0.717) is 24.6 Å². The molecule has 126 valence electrons. The van der Waals surface area contributed by atoms with Gasteiger partial charge >= 0.3 is 8.80 Å². The molecule has 1 rings (SSSR count). The van der Waals surface area contributed by atoms with Gasteiger partial charge in [-0.2, -0.15) is 0 Å². The van der Waals surface area contributed by atoms with E-state index in [0.717, 1.165) is 18.9 Å². The Labute approximate surface area is 144 Å². The van der Waals surface area contributed by atoms with Gasteiger partial charge in [0.2, 0.25) is 0 Å². The monoisotopic (exact) mass is 388 g/mol. The van der Waals surface area contributed by atoms with E-state index in [1.807, 2.05) is 20.8 Å². The second kappa shape index (κ2) is 10.5. The van der Waals surface area contributed by atoms with Crippen molar-refractivity contribution in [3.8, 4) is 0 Å². The van der Waals surface area contributed by atoms with Crippen LogP contribution in [-0.4, -0.2) is 28.6 Å². The van der Waals surface area contributed by atoms with Gasteiger partial charge in [-0.15, -0.1) is 0 Å². The number of rotatable bonds is 11. The molecule has 0 saturated carbocycles. The van der Waals surface area contributed by atoms with Crippen LogP contribution in [0.25, 0.3) is 0 Å². The highest BCUT2D eigenvalue weighted by Crippen LogP contribution is 2.26. The van der Waals surface area contributed by atoms with Crippen LogP contribution in [0.4, 0.5) is 0 Å². The average Bonchev–Trinajstić information content (AvgIpc) is 2.53. The Bertz CT molecular complexity index is 394. The summed E-state index contributed by atoms with van der Waals surface area (Å²) in [5, 5.41) is 0. The zero-order valence-electron chi connectivity index (χ0n) is 14.2. The van der Waals surface area contributed by atoms with E-state index in [1.54, 1.807) is 0 Å². The number of benzene rings is 1. The molecule has 1 unspecified atom stereocenters. The summed E-state index contributed by atoms with van der Waals surface area (Å²) in [4.78, 5) is 0.435. The molecule has 0 aliphatic heterocycles. The first-order valence-electron chi connectivity index (χ1n) is 8.25. The Balaban J connectivity index is 2.70. The maximum atomic E-state index is 5.90. The molecular formula is C17H29BrO3Si.